The normalized spacial score (nSPS) is 11.3. The second-order valence-corrected chi connectivity index (χ2v) is 7.55. The van der Waals surface area contributed by atoms with E-state index in [1.165, 1.54) is 7.11 Å². The van der Waals surface area contributed by atoms with Crippen molar-refractivity contribution >= 4 is 31.9 Å². The third-order valence-corrected chi connectivity index (χ3v) is 5.57. The molecule has 0 fully saturated rings. The Balaban J connectivity index is 2.09. The lowest BCUT2D eigenvalue weighted by Gasteiger charge is -2.09. The first-order valence-corrected chi connectivity index (χ1v) is 9.04. The summed E-state index contributed by atoms with van der Waals surface area (Å²) >= 11 is 3.34. The van der Waals surface area contributed by atoms with Gasteiger partial charge in [-0.1, -0.05) is 28.1 Å². The summed E-state index contributed by atoms with van der Waals surface area (Å²) in [5.74, 6) is -0.428. The first kappa shape index (κ1) is 17.7. The molecule has 0 bridgehead atoms. The van der Waals surface area contributed by atoms with Crippen LogP contribution < -0.4 is 4.72 Å². The molecule has 2 aromatic rings. The molecule has 122 valence electrons. The van der Waals surface area contributed by atoms with Crippen LogP contribution in [0.4, 0.5) is 0 Å². The predicted octanol–water partition coefficient (Wildman–Crippen LogP) is 3.02. The quantitative estimate of drug-likeness (QED) is 0.786. The number of sulfonamides is 1. The Hall–Kier alpha value is -1.70. The molecule has 7 heteroatoms. The van der Waals surface area contributed by atoms with Gasteiger partial charge in [-0.15, -0.1) is 0 Å². The standard InChI is InChI=1S/C16H16BrNO4S/c1-11-9-14(7-8-15(11)17)23(20,21)18-10-12-3-5-13(6-4-12)16(19)22-2/h3-9,18H,10H2,1-2H3. The van der Waals surface area contributed by atoms with Crippen molar-refractivity contribution in [2.24, 2.45) is 0 Å². The number of benzene rings is 2. The second kappa shape index (κ2) is 7.25. The third kappa shape index (κ3) is 4.40. The highest BCUT2D eigenvalue weighted by Gasteiger charge is 2.14. The number of halogens is 1. The molecule has 0 aliphatic heterocycles. The van der Waals surface area contributed by atoms with Gasteiger partial charge in [0.25, 0.3) is 0 Å². The molecular weight excluding hydrogens is 382 g/mol. The van der Waals surface area contributed by atoms with Gasteiger partial charge in [0.1, 0.15) is 0 Å². The van der Waals surface area contributed by atoms with E-state index in [-0.39, 0.29) is 11.4 Å². The molecule has 0 amide bonds. The minimum Gasteiger partial charge on any atom is -0.465 e. The van der Waals surface area contributed by atoms with Crippen LogP contribution in [0.1, 0.15) is 21.5 Å². The summed E-state index contributed by atoms with van der Waals surface area (Å²) in [5, 5.41) is 0. The van der Waals surface area contributed by atoms with E-state index in [4.69, 9.17) is 0 Å². The van der Waals surface area contributed by atoms with Gasteiger partial charge in [-0.2, -0.15) is 0 Å². The summed E-state index contributed by atoms with van der Waals surface area (Å²) in [7, 11) is -2.28. The SMILES string of the molecule is COC(=O)c1ccc(CNS(=O)(=O)c2ccc(Br)c(C)c2)cc1. The molecule has 0 saturated heterocycles. The molecule has 0 unspecified atom stereocenters. The van der Waals surface area contributed by atoms with Crippen molar-refractivity contribution in [3.8, 4) is 0 Å². The Morgan fingerprint density at radius 2 is 1.83 bits per heavy atom. The van der Waals surface area contributed by atoms with E-state index in [1.807, 2.05) is 6.92 Å². The molecule has 1 N–H and O–H groups in total. The Labute approximate surface area is 143 Å². The van der Waals surface area contributed by atoms with Crippen molar-refractivity contribution in [2.75, 3.05) is 7.11 Å². The molecule has 5 nitrogen and oxygen atoms in total. The number of hydrogen-bond donors (Lipinski definition) is 1. The van der Waals surface area contributed by atoms with Gasteiger partial charge in [0.2, 0.25) is 10.0 Å². The lowest BCUT2D eigenvalue weighted by Crippen LogP contribution is -2.23. The molecule has 0 atom stereocenters. The van der Waals surface area contributed by atoms with Crippen LogP contribution in [0.5, 0.6) is 0 Å². The summed E-state index contributed by atoms with van der Waals surface area (Å²) in [6.45, 7) is 1.97. The molecular formula is C16H16BrNO4S. The molecule has 0 saturated carbocycles. The zero-order valence-electron chi connectivity index (χ0n) is 12.7. The van der Waals surface area contributed by atoms with Crippen LogP contribution in [-0.2, 0) is 21.3 Å². The third-order valence-electron chi connectivity index (χ3n) is 3.28. The summed E-state index contributed by atoms with van der Waals surface area (Å²) in [6, 6.07) is 11.4. The van der Waals surface area contributed by atoms with Crippen molar-refractivity contribution in [3.63, 3.8) is 0 Å². The van der Waals surface area contributed by atoms with Gasteiger partial charge in [0, 0.05) is 11.0 Å². The average Bonchev–Trinajstić information content (AvgIpc) is 2.55. The van der Waals surface area contributed by atoms with E-state index in [0.29, 0.717) is 5.56 Å². The molecule has 0 aliphatic rings. The number of nitrogens with one attached hydrogen (secondary N) is 1. The lowest BCUT2D eigenvalue weighted by atomic mass is 10.1. The van der Waals surface area contributed by atoms with Crippen LogP contribution in [-0.4, -0.2) is 21.5 Å². The van der Waals surface area contributed by atoms with E-state index < -0.39 is 16.0 Å². The Morgan fingerprint density at radius 3 is 2.39 bits per heavy atom. The smallest absolute Gasteiger partial charge is 0.337 e. The van der Waals surface area contributed by atoms with E-state index >= 15 is 0 Å². The van der Waals surface area contributed by atoms with E-state index in [0.717, 1.165) is 15.6 Å². The number of hydrogen-bond acceptors (Lipinski definition) is 4. The van der Waals surface area contributed by atoms with Gasteiger partial charge < -0.3 is 4.74 Å². The number of carbonyl (C=O) groups excluding carboxylic acids is 1. The topological polar surface area (TPSA) is 72.5 Å². The number of aryl methyl sites for hydroxylation is 1. The number of rotatable bonds is 5. The zero-order valence-corrected chi connectivity index (χ0v) is 15.1. The van der Waals surface area contributed by atoms with E-state index in [9.17, 15) is 13.2 Å². The molecule has 23 heavy (non-hydrogen) atoms. The Bertz CT molecular complexity index is 816. The van der Waals surface area contributed by atoms with Crippen LogP contribution in [0.2, 0.25) is 0 Å². The summed E-state index contributed by atoms with van der Waals surface area (Å²) in [5.41, 5.74) is 2.01. The lowest BCUT2D eigenvalue weighted by molar-refractivity contribution is 0.0600. The molecule has 0 aliphatic carbocycles. The number of methoxy groups -OCH3 is 1. The van der Waals surface area contributed by atoms with Crippen molar-refractivity contribution in [1.29, 1.82) is 0 Å². The van der Waals surface area contributed by atoms with Crippen molar-refractivity contribution < 1.29 is 17.9 Å². The minimum atomic E-state index is -3.59. The maximum absolute atomic E-state index is 12.3. The summed E-state index contributed by atoms with van der Waals surface area (Å²) in [6.07, 6.45) is 0. The molecule has 0 heterocycles. The van der Waals surface area contributed by atoms with E-state index in [1.54, 1.807) is 42.5 Å². The van der Waals surface area contributed by atoms with Crippen LogP contribution in [0.15, 0.2) is 51.8 Å². The van der Waals surface area contributed by atoms with Crippen molar-refractivity contribution in [3.05, 3.63) is 63.6 Å². The summed E-state index contributed by atoms with van der Waals surface area (Å²) in [4.78, 5) is 11.6. The molecule has 2 aromatic carbocycles. The number of ether oxygens (including phenoxy) is 1. The maximum atomic E-state index is 12.3. The van der Waals surface area contributed by atoms with Crippen LogP contribution in [0, 0.1) is 6.92 Å². The highest BCUT2D eigenvalue weighted by atomic mass is 79.9. The predicted molar refractivity (Wildman–Crippen MR) is 90.7 cm³/mol. The highest BCUT2D eigenvalue weighted by molar-refractivity contribution is 9.10. The van der Waals surface area contributed by atoms with Gasteiger partial charge >= 0.3 is 5.97 Å². The minimum absolute atomic E-state index is 0.138. The van der Waals surface area contributed by atoms with Crippen LogP contribution in [0.25, 0.3) is 0 Å². The molecule has 2 rings (SSSR count). The number of esters is 1. The second-order valence-electron chi connectivity index (χ2n) is 4.92. The van der Waals surface area contributed by atoms with Gasteiger partial charge in [-0.05, 0) is 48.4 Å². The van der Waals surface area contributed by atoms with Crippen molar-refractivity contribution in [1.82, 2.24) is 4.72 Å². The fourth-order valence-electron chi connectivity index (χ4n) is 1.92. The fourth-order valence-corrected chi connectivity index (χ4v) is 3.27. The number of carbonyl (C=O) groups is 1. The largest absolute Gasteiger partial charge is 0.465 e. The molecule has 0 aromatic heterocycles. The monoisotopic (exact) mass is 397 g/mol. The van der Waals surface area contributed by atoms with Gasteiger partial charge in [-0.3, -0.25) is 0 Å². The maximum Gasteiger partial charge on any atom is 0.337 e. The first-order valence-electron chi connectivity index (χ1n) is 6.76. The fraction of sp³-hybridized carbons (Fsp3) is 0.188. The van der Waals surface area contributed by atoms with E-state index in [2.05, 4.69) is 25.4 Å². The highest BCUT2D eigenvalue weighted by Crippen LogP contribution is 2.20. The molecule has 0 radical (unpaired) electrons. The first-order chi connectivity index (χ1) is 10.8. The molecule has 0 spiro atoms. The van der Waals surface area contributed by atoms with Gasteiger partial charge in [-0.25, -0.2) is 17.9 Å². The van der Waals surface area contributed by atoms with Crippen LogP contribution in [0.3, 0.4) is 0 Å². The average molecular weight is 398 g/mol. The van der Waals surface area contributed by atoms with Gasteiger partial charge in [0.05, 0.1) is 17.6 Å². The Kier molecular flexibility index (Phi) is 5.56. The van der Waals surface area contributed by atoms with Crippen molar-refractivity contribution in [2.45, 2.75) is 18.4 Å². The Morgan fingerprint density at radius 1 is 1.17 bits per heavy atom. The zero-order chi connectivity index (χ0) is 17.0. The van der Waals surface area contributed by atoms with Gasteiger partial charge in [0.15, 0.2) is 0 Å². The van der Waals surface area contributed by atoms with Crippen LogP contribution >= 0.6 is 15.9 Å². The summed E-state index contributed by atoms with van der Waals surface area (Å²) < 4.78 is 32.6.